The highest BCUT2D eigenvalue weighted by molar-refractivity contribution is 6.30. The Morgan fingerprint density at radius 2 is 1.96 bits per heavy atom. The number of H-pyrrole nitrogens is 1. The summed E-state index contributed by atoms with van der Waals surface area (Å²) in [6, 6.07) is 13.8. The molecule has 134 valence electrons. The van der Waals surface area contributed by atoms with Crippen LogP contribution in [0.15, 0.2) is 63.9 Å². The van der Waals surface area contributed by atoms with Gasteiger partial charge >= 0.3 is 5.97 Å². The maximum absolute atomic E-state index is 12.4. The van der Waals surface area contributed by atoms with Gasteiger partial charge < -0.3 is 9.15 Å². The standard InChI is InChI=1S/C19H12ClN3O4/c20-12-5-3-4-11(8-12)15-9-21-16(27-15)10-26-19(25)17-13-6-1-2-7-14(13)18(24)23-22-17/h1-9H,10H2,(H,23,24). The maximum atomic E-state index is 12.4. The highest BCUT2D eigenvalue weighted by atomic mass is 35.5. The minimum Gasteiger partial charge on any atom is -0.451 e. The zero-order valence-corrected chi connectivity index (χ0v) is 14.6. The molecular formula is C19H12ClN3O4. The lowest BCUT2D eigenvalue weighted by Crippen LogP contribution is -2.16. The molecule has 8 heteroatoms. The van der Waals surface area contributed by atoms with Crippen molar-refractivity contribution in [3.05, 3.63) is 81.7 Å². The van der Waals surface area contributed by atoms with Crippen molar-refractivity contribution in [2.75, 3.05) is 0 Å². The summed E-state index contributed by atoms with van der Waals surface area (Å²) >= 11 is 5.97. The van der Waals surface area contributed by atoms with Crippen molar-refractivity contribution in [3.63, 3.8) is 0 Å². The number of oxazole rings is 1. The van der Waals surface area contributed by atoms with Crippen LogP contribution in [-0.2, 0) is 11.3 Å². The highest BCUT2D eigenvalue weighted by Gasteiger charge is 2.17. The van der Waals surface area contributed by atoms with Gasteiger partial charge in [-0.1, -0.05) is 41.9 Å². The highest BCUT2D eigenvalue weighted by Crippen LogP contribution is 2.23. The summed E-state index contributed by atoms with van der Waals surface area (Å²) in [6.07, 6.45) is 1.53. The number of halogens is 1. The number of benzene rings is 2. The Morgan fingerprint density at radius 1 is 1.15 bits per heavy atom. The molecule has 0 aliphatic carbocycles. The van der Waals surface area contributed by atoms with Gasteiger partial charge in [-0.2, -0.15) is 5.10 Å². The number of hydrogen-bond acceptors (Lipinski definition) is 6. The number of carbonyl (C=O) groups is 1. The Hall–Kier alpha value is -3.45. The summed E-state index contributed by atoms with van der Waals surface area (Å²) in [4.78, 5) is 28.3. The summed E-state index contributed by atoms with van der Waals surface area (Å²) < 4.78 is 10.8. The van der Waals surface area contributed by atoms with Crippen LogP contribution in [0.3, 0.4) is 0 Å². The minimum atomic E-state index is -0.690. The molecule has 4 rings (SSSR count). The first kappa shape index (κ1) is 17.0. The van der Waals surface area contributed by atoms with Gasteiger partial charge in [0.1, 0.15) is 0 Å². The van der Waals surface area contributed by atoms with E-state index in [1.807, 2.05) is 6.07 Å². The zero-order chi connectivity index (χ0) is 18.8. The van der Waals surface area contributed by atoms with Crippen LogP contribution in [0.5, 0.6) is 0 Å². The second-order valence-electron chi connectivity index (χ2n) is 5.65. The molecule has 0 bridgehead atoms. The number of fused-ring (bicyclic) bond motifs is 1. The van der Waals surface area contributed by atoms with Crippen LogP contribution in [-0.4, -0.2) is 21.2 Å². The molecule has 2 aromatic heterocycles. The zero-order valence-electron chi connectivity index (χ0n) is 13.8. The van der Waals surface area contributed by atoms with Crippen molar-refractivity contribution in [2.24, 2.45) is 0 Å². The monoisotopic (exact) mass is 381 g/mol. The van der Waals surface area contributed by atoms with Crippen LogP contribution < -0.4 is 5.56 Å². The van der Waals surface area contributed by atoms with E-state index in [1.165, 1.54) is 6.20 Å². The molecule has 1 N–H and O–H groups in total. The summed E-state index contributed by atoms with van der Waals surface area (Å²) in [5.41, 5.74) is 0.411. The maximum Gasteiger partial charge on any atom is 0.359 e. The molecule has 2 aromatic carbocycles. The van der Waals surface area contributed by atoms with Crippen LogP contribution in [0.4, 0.5) is 0 Å². The third-order valence-electron chi connectivity index (χ3n) is 3.88. The van der Waals surface area contributed by atoms with Crippen LogP contribution in [0.2, 0.25) is 5.02 Å². The molecule has 0 fully saturated rings. The normalized spacial score (nSPS) is 10.9. The third kappa shape index (κ3) is 3.45. The van der Waals surface area contributed by atoms with E-state index in [0.29, 0.717) is 21.6 Å². The van der Waals surface area contributed by atoms with Crippen molar-refractivity contribution in [2.45, 2.75) is 6.61 Å². The Balaban J connectivity index is 1.52. The van der Waals surface area contributed by atoms with E-state index in [-0.39, 0.29) is 23.8 Å². The van der Waals surface area contributed by atoms with Crippen molar-refractivity contribution < 1.29 is 13.9 Å². The smallest absolute Gasteiger partial charge is 0.359 e. The molecule has 2 heterocycles. The average Bonchev–Trinajstić information content (AvgIpc) is 3.16. The quantitative estimate of drug-likeness (QED) is 0.542. The SMILES string of the molecule is O=C(OCc1ncc(-c2cccc(Cl)c2)o1)c1n[nH]c(=O)c2ccccc12. The van der Waals surface area contributed by atoms with Crippen molar-refractivity contribution in [1.29, 1.82) is 0 Å². The van der Waals surface area contributed by atoms with Crippen LogP contribution in [0, 0.1) is 0 Å². The summed E-state index contributed by atoms with van der Waals surface area (Å²) in [5.74, 6) is 0.0492. The molecule has 0 radical (unpaired) electrons. The number of rotatable bonds is 4. The number of nitrogens with one attached hydrogen (secondary N) is 1. The van der Waals surface area contributed by atoms with Gasteiger partial charge in [-0.3, -0.25) is 4.79 Å². The molecule has 0 atom stereocenters. The summed E-state index contributed by atoms with van der Waals surface area (Å²) in [6.45, 7) is -0.172. The van der Waals surface area contributed by atoms with Gasteiger partial charge in [-0.05, 0) is 18.2 Å². The lowest BCUT2D eigenvalue weighted by Gasteiger charge is -2.04. The molecule has 4 aromatic rings. The number of nitrogens with zero attached hydrogens (tertiary/aromatic N) is 2. The number of esters is 1. The number of hydrogen-bond donors (Lipinski definition) is 1. The van der Waals surface area contributed by atoms with Crippen molar-refractivity contribution in [1.82, 2.24) is 15.2 Å². The fourth-order valence-electron chi connectivity index (χ4n) is 2.62. The Morgan fingerprint density at radius 3 is 2.78 bits per heavy atom. The number of carbonyl (C=O) groups excluding carboxylic acids is 1. The number of ether oxygens (including phenoxy) is 1. The van der Waals surface area contributed by atoms with Gasteiger partial charge in [-0.15, -0.1) is 0 Å². The molecule has 7 nitrogen and oxygen atoms in total. The first-order valence-corrected chi connectivity index (χ1v) is 8.35. The predicted molar refractivity (Wildman–Crippen MR) is 98.4 cm³/mol. The largest absolute Gasteiger partial charge is 0.451 e. The van der Waals surface area contributed by atoms with E-state index in [9.17, 15) is 9.59 Å². The molecule has 0 aliphatic rings. The van der Waals surface area contributed by atoms with E-state index >= 15 is 0 Å². The molecule has 0 unspecified atom stereocenters. The molecule has 0 amide bonds. The van der Waals surface area contributed by atoms with E-state index in [0.717, 1.165) is 5.56 Å². The fourth-order valence-corrected chi connectivity index (χ4v) is 2.81. The van der Waals surface area contributed by atoms with Crippen LogP contribution in [0.1, 0.15) is 16.4 Å². The molecule has 0 saturated carbocycles. The molecule has 0 spiro atoms. The summed E-state index contributed by atoms with van der Waals surface area (Å²) in [5, 5.41) is 7.45. The van der Waals surface area contributed by atoms with Gasteiger partial charge in [0.25, 0.3) is 5.56 Å². The van der Waals surface area contributed by atoms with Gasteiger partial charge in [0.05, 0.1) is 11.6 Å². The lowest BCUT2D eigenvalue weighted by atomic mass is 10.1. The van der Waals surface area contributed by atoms with Crippen LogP contribution >= 0.6 is 11.6 Å². The van der Waals surface area contributed by atoms with E-state index in [4.69, 9.17) is 20.8 Å². The molecular weight excluding hydrogens is 370 g/mol. The van der Waals surface area contributed by atoms with Crippen molar-refractivity contribution in [3.8, 4) is 11.3 Å². The van der Waals surface area contributed by atoms with Gasteiger partial charge in [-0.25, -0.2) is 14.9 Å². The number of aromatic amines is 1. The first-order chi connectivity index (χ1) is 13.1. The fraction of sp³-hybridized carbons (Fsp3) is 0.0526. The van der Waals surface area contributed by atoms with E-state index in [1.54, 1.807) is 42.5 Å². The molecule has 0 saturated heterocycles. The second kappa shape index (κ2) is 7.05. The Bertz CT molecular complexity index is 1200. The van der Waals surface area contributed by atoms with E-state index in [2.05, 4.69) is 15.2 Å². The Labute approximate surface area is 157 Å². The molecule has 27 heavy (non-hydrogen) atoms. The topological polar surface area (TPSA) is 98.1 Å². The van der Waals surface area contributed by atoms with Gasteiger partial charge in [0, 0.05) is 16.0 Å². The average molecular weight is 382 g/mol. The van der Waals surface area contributed by atoms with Gasteiger partial charge in [0.15, 0.2) is 18.1 Å². The van der Waals surface area contributed by atoms with Gasteiger partial charge in [0.2, 0.25) is 5.89 Å². The third-order valence-corrected chi connectivity index (χ3v) is 4.11. The summed E-state index contributed by atoms with van der Waals surface area (Å²) in [7, 11) is 0. The van der Waals surface area contributed by atoms with Crippen molar-refractivity contribution >= 4 is 28.3 Å². The lowest BCUT2D eigenvalue weighted by molar-refractivity contribution is 0.0433. The van der Waals surface area contributed by atoms with Crippen LogP contribution in [0.25, 0.3) is 22.1 Å². The number of aromatic nitrogens is 3. The van der Waals surface area contributed by atoms with E-state index < -0.39 is 5.97 Å². The predicted octanol–water partition coefficient (Wildman–Crippen LogP) is 3.59. The first-order valence-electron chi connectivity index (χ1n) is 7.97. The minimum absolute atomic E-state index is 0.0202. The second-order valence-corrected chi connectivity index (χ2v) is 6.09. The molecule has 0 aliphatic heterocycles. The Kier molecular flexibility index (Phi) is 4.43.